The summed E-state index contributed by atoms with van der Waals surface area (Å²) in [5.41, 5.74) is 0.639. The van der Waals surface area contributed by atoms with Crippen LogP contribution in [0.25, 0.3) is 11.4 Å². The van der Waals surface area contributed by atoms with E-state index in [0.29, 0.717) is 21.4 Å². The number of imidazole rings is 1. The molecule has 1 aromatic heterocycles. The number of halogens is 2. The summed E-state index contributed by atoms with van der Waals surface area (Å²) in [7, 11) is 0. The van der Waals surface area contributed by atoms with Crippen molar-refractivity contribution < 1.29 is 5.11 Å². The number of rotatable bonds is 2. The number of aliphatic hydroxyl groups excluding tert-OH is 1. The van der Waals surface area contributed by atoms with Crippen molar-refractivity contribution in [3.63, 3.8) is 0 Å². The third-order valence-corrected chi connectivity index (χ3v) is 2.68. The molecule has 2 aromatic rings. The van der Waals surface area contributed by atoms with E-state index in [2.05, 4.69) is 4.98 Å². The van der Waals surface area contributed by atoms with Crippen molar-refractivity contribution in [1.82, 2.24) is 9.55 Å². The Kier molecular flexibility index (Phi) is 2.95. The van der Waals surface area contributed by atoms with Gasteiger partial charge in [-0.3, -0.25) is 0 Å². The van der Waals surface area contributed by atoms with Crippen molar-refractivity contribution in [1.29, 1.82) is 0 Å². The fraction of sp³-hybridized carbons (Fsp3) is 0.100. The van der Waals surface area contributed by atoms with Crippen LogP contribution in [0.3, 0.4) is 0 Å². The minimum absolute atomic E-state index is 0.156. The monoisotopic (exact) mass is 242 g/mol. The lowest BCUT2D eigenvalue weighted by atomic mass is 10.2. The molecular formula is C10H8Cl2N2O. The molecule has 0 radical (unpaired) electrons. The number of benzene rings is 1. The largest absolute Gasteiger partial charge is 0.376 e. The maximum Gasteiger partial charge on any atom is 0.144 e. The van der Waals surface area contributed by atoms with Gasteiger partial charge in [-0.1, -0.05) is 29.3 Å². The summed E-state index contributed by atoms with van der Waals surface area (Å²) in [6, 6.07) is 5.23. The van der Waals surface area contributed by atoms with Gasteiger partial charge in [0.15, 0.2) is 0 Å². The highest BCUT2D eigenvalue weighted by atomic mass is 35.5. The zero-order valence-electron chi connectivity index (χ0n) is 7.69. The minimum atomic E-state index is -0.156. The molecule has 0 amide bonds. The molecule has 1 N–H and O–H groups in total. The van der Waals surface area contributed by atoms with Crippen LogP contribution < -0.4 is 0 Å². The molecule has 0 spiro atoms. The molecule has 3 nitrogen and oxygen atoms in total. The zero-order chi connectivity index (χ0) is 10.8. The number of aliphatic hydroxyl groups is 1. The van der Waals surface area contributed by atoms with Crippen LogP contribution >= 0.6 is 23.2 Å². The Hall–Kier alpha value is -1.03. The summed E-state index contributed by atoms with van der Waals surface area (Å²) in [6.45, 7) is -0.156. The highest BCUT2D eigenvalue weighted by Gasteiger charge is 2.12. The molecule has 2 rings (SSSR count). The summed E-state index contributed by atoms with van der Waals surface area (Å²) in [5.74, 6) is 0.563. The van der Waals surface area contributed by atoms with Gasteiger partial charge in [-0.25, -0.2) is 4.98 Å². The van der Waals surface area contributed by atoms with Crippen LogP contribution in [0, 0.1) is 0 Å². The van der Waals surface area contributed by atoms with Crippen molar-refractivity contribution >= 4 is 23.2 Å². The molecule has 78 valence electrons. The lowest BCUT2D eigenvalue weighted by molar-refractivity contribution is 0.212. The number of hydrogen-bond acceptors (Lipinski definition) is 2. The second-order valence-corrected chi connectivity index (χ2v) is 3.77. The van der Waals surface area contributed by atoms with Gasteiger partial charge in [-0.2, -0.15) is 0 Å². The fourth-order valence-corrected chi connectivity index (χ4v) is 1.93. The van der Waals surface area contributed by atoms with Crippen LogP contribution in [0.2, 0.25) is 10.0 Å². The average molecular weight is 243 g/mol. The molecule has 15 heavy (non-hydrogen) atoms. The topological polar surface area (TPSA) is 38.0 Å². The Morgan fingerprint density at radius 2 is 1.93 bits per heavy atom. The van der Waals surface area contributed by atoms with E-state index in [0.717, 1.165) is 0 Å². The van der Waals surface area contributed by atoms with E-state index in [9.17, 15) is 0 Å². The Morgan fingerprint density at radius 3 is 2.53 bits per heavy atom. The van der Waals surface area contributed by atoms with Gasteiger partial charge in [0.25, 0.3) is 0 Å². The van der Waals surface area contributed by atoms with E-state index in [1.165, 1.54) is 0 Å². The smallest absolute Gasteiger partial charge is 0.144 e. The fourth-order valence-electron chi connectivity index (χ4n) is 1.36. The summed E-state index contributed by atoms with van der Waals surface area (Å²) in [4.78, 5) is 4.11. The molecule has 1 aromatic carbocycles. The van der Waals surface area contributed by atoms with E-state index < -0.39 is 0 Å². The Bertz CT molecular complexity index is 462. The Labute approximate surface area is 96.9 Å². The maximum atomic E-state index is 9.09. The van der Waals surface area contributed by atoms with E-state index in [-0.39, 0.29) is 6.73 Å². The van der Waals surface area contributed by atoms with Crippen molar-refractivity contribution in [3.8, 4) is 11.4 Å². The third kappa shape index (κ3) is 1.86. The Balaban J connectivity index is 2.63. The second-order valence-electron chi connectivity index (χ2n) is 2.96. The van der Waals surface area contributed by atoms with Gasteiger partial charge in [0.1, 0.15) is 12.6 Å². The van der Waals surface area contributed by atoms with Crippen molar-refractivity contribution in [2.24, 2.45) is 0 Å². The lowest BCUT2D eigenvalue weighted by Gasteiger charge is -2.07. The van der Waals surface area contributed by atoms with Crippen LogP contribution in [-0.2, 0) is 6.73 Å². The molecule has 0 saturated carbocycles. The van der Waals surface area contributed by atoms with Gasteiger partial charge >= 0.3 is 0 Å². The first-order valence-electron chi connectivity index (χ1n) is 4.30. The molecule has 0 bridgehead atoms. The quantitative estimate of drug-likeness (QED) is 0.880. The maximum absolute atomic E-state index is 9.09. The van der Waals surface area contributed by atoms with Crippen LogP contribution in [0.5, 0.6) is 0 Å². The highest BCUT2D eigenvalue weighted by molar-refractivity contribution is 6.38. The van der Waals surface area contributed by atoms with Crippen LogP contribution in [0.1, 0.15) is 0 Å². The zero-order valence-corrected chi connectivity index (χ0v) is 9.20. The summed E-state index contributed by atoms with van der Waals surface area (Å²) in [6.07, 6.45) is 3.25. The SMILES string of the molecule is OCn1ccnc1-c1c(Cl)cccc1Cl. The molecule has 0 unspecified atom stereocenters. The minimum Gasteiger partial charge on any atom is -0.376 e. The van der Waals surface area contributed by atoms with Gasteiger partial charge in [0.05, 0.1) is 15.6 Å². The lowest BCUT2D eigenvalue weighted by Crippen LogP contribution is -1.98. The van der Waals surface area contributed by atoms with Crippen LogP contribution in [0.15, 0.2) is 30.6 Å². The molecule has 0 saturated heterocycles. The van der Waals surface area contributed by atoms with Gasteiger partial charge in [-0.15, -0.1) is 0 Å². The van der Waals surface area contributed by atoms with E-state index >= 15 is 0 Å². The number of hydrogen-bond donors (Lipinski definition) is 1. The standard InChI is InChI=1S/C10H8Cl2N2O/c11-7-2-1-3-8(12)9(7)10-13-4-5-14(10)6-15/h1-5,15H,6H2. The molecule has 0 aliphatic rings. The van der Waals surface area contributed by atoms with E-state index in [1.54, 1.807) is 35.2 Å². The molecular weight excluding hydrogens is 235 g/mol. The average Bonchev–Trinajstić information content (AvgIpc) is 2.65. The summed E-state index contributed by atoms with van der Waals surface area (Å²) in [5, 5.41) is 10.1. The van der Waals surface area contributed by atoms with Gasteiger partial charge < -0.3 is 9.67 Å². The Morgan fingerprint density at radius 1 is 1.27 bits per heavy atom. The normalized spacial score (nSPS) is 10.6. The molecule has 0 atom stereocenters. The molecule has 0 fully saturated rings. The molecule has 1 heterocycles. The predicted molar refractivity (Wildman–Crippen MR) is 59.9 cm³/mol. The second kappa shape index (κ2) is 4.23. The third-order valence-electron chi connectivity index (χ3n) is 2.05. The molecule has 0 aliphatic carbocycles. The van der Waals surface area contributed by atoms with Crippen molar-refractivity contribution in [3.05, 3.63) is 40.6 Å². The van der Waals surface area contributed by atoms with Gasteiger partial charge in [0, 0.05) is 12.4 Å². The molecule has 5 heteroatoms. The first-order chi connectivity index (χ1) is 7.24. The number of aromatic nitrogens is 2. The summed E-state index contributed by atoms with van der Waals surface area (Å²) < 4.78 is 1.56. The summed E-state index contributed by atoms with van der Waals surface area (Å²) >= 11 is 12.1. The van der Waals surface area contributed by atoms with Gasteiger partial charge in [-0.05, 0) is 12.1 Å². The van der Waals surface area contributed by atoms with Crippen molar-refractivity contribution in [2.45, 2.75) is 6.73 Å². The van der Waals surface area contributed by atoms with Gasteiger partial charge in [0.2, 0.25) is 0 Å². The van der Waals surface area contributed by atoms with Crippen molar-refractivity contribution in [2.75, 3.05) is 0 Å². The van der Waals surface area contributed by atoms with E-state index in [4.69, 9.17) is 28.3 Å². The number of nitrogens with zero attached hydrogens (tertiary/aromatic N) is 2. The molecule has 0 aliphatic heterocycles. The van der Waals surface area contributed by atoms with Crippen LogP contribution in [-0.4, -0.2) is 14.7 Å². The highest BCUT2D eigenvalue weighted by Crippen LogP contribution is 2.33. The first kappa shape index (κ1) is 10.5. The van der Waals surface area contributed by atoms with E-state index in [1.807, 2.05) is 0 Å². The first-order valence-corrected chi connectivity index (χ1v) is 5.06. The predicted octanol–water partition coefficient (Wildman–Crippen LogP) is 2.81. The van der Waals surface area contributed by atoms with Crippen LogP contribution in [0.4, 0.5) is 0 Å².